The molecule has 1 heterocycles. The Morgan fingerprint density at radius 2 is 2.41 bits per heavy atom. The van der Waals surface area contributed by atoms with Crippen LogP contribution in [0.5, 0.6) is 0 Å². The molecule has 0 radical (unpaired) electrons. The lowest BCUT2D eigenvalue weighted by Crippen LogP contribution is -2.29. The summed E-state index contributed by atoms with van der Waals surface area (Å²) in [6, 6.07) is 2.46. The Kier molecular flexibility index (Phi) is 4.14. The molecule has 1 aliphatic carbocycles. The maximum Gasteiger partial charge on any atom is 0.221 e. The van der Waals surface area contributed by atoms with E-state index in [1.54, 1.807) is 6.20 Å². The largest absolute Gasteiger partial charge is 0.353 e. The number of carbonyl (C=O) groups excluding carboxylic acids is 1. The number of hydrogen-bond acceptors (Lipinski definition) is 3. The molecule has 2 N–H and O–H groups in total. The fourth-order valence-corrected chi connectivity index (χ4v) is 1.74. The van der Waals surface area contributed by atoms with Crippen LogP contribution in [0.3, 0.4) is 0 Å². The highest BCUT2D eigenvalue weighted by Gasteiger charge is 2.22. The summed E-state index contributed by atoms with van der Waals surface area (Å²) in [5.74, 6) is 0.156. The van der Waals surface area contributed by atoms with Gasteiger partial charge in [0.25, 0.3) is 0 Å². The van der Waals surface area contributed by atoms with Crippen LogP contribution < -0.4 is 10.6 Å². The van der Waals surface area contributed by atoms with Crippen molar-refractivity contribution in [2.45, 2.75) is 45.3 Å². The molecule has 17 heavy (non-hydrogen) atoms. The molecule has 1 fully saturated rings. The van der Waals surface area contributed by atoms with Gasteiger partial charge >= 0.3 is 0 Å². The van der Waals surface area contributed by atoms with E-state index in [1.165, 1.54) is 0 Å². The molecule has 5 nitrogen and oxygen atoms in total. The molecule has 1 aliphatic rings. The minimum atomic E-state index is 0.156. The van der Waals surface area contributed by atoms with Gasteiger partial charge in [-0.05, 0) is 25.8 Å². The maximum absolute atomic E-state index is 11.4. The van der Waals surface area contributed by atoms with Crippen molar-refractivity contribution < 1.29 is 4.79 Å². The molecule has 94 valence electrons. The number of carbonyl (C=O) groups is 1. The van der Waals surface area contributed by atoms with Gasteiger partial charge in [0.1, 0.15) is 0 Å². The fraction of sp³-hybridized carbons (Fsp3) is 0.667. The minimum absolute atomic E-state index is 0.156. The number of nitrogens with zero attached hydrogens (tertiary/aromatic N) is 2. The van der Waals surface area contributed by atoms with Gasteiger partial charge < -0.3 is 10.6 Å². The molecular formula is C12H20N4O. The van der Waals surface area contributed by atoms with Crippen LogP contribution in [0.25, 0.3) is 0 Å². The van der Waals surface area contributed by atoms with Gasteiger partial charge in [0, 0.05) is 38.3 Å². The van der Waals surface area contributed by atoms with E-state index < -0.39 is 0 Å². The monoisotopic (exact) mass is 236 g/mol. The van der Waals surface area contributed by atoms with E-state index in [9.17, 15) is 4.79 Å². The number of nitrogens with one attached hydrogen (secondary N) is 2. The summed E-state index contributed by atoms with van der Waals surface area (Å²) in [4.78, 5) is 11.4. The van der Waals surface area contributed by atoms with E-state index >= 15 is 0 Å². The standard InChI is InChI=1S/C12H20N4O/c1-2-16-11(5-8-14-16)9-13-7-6-12(17)15-10-3-4-10/h5,8,10,13H,2-4,6-7,9H2,1H3,(H,15,17). The Morgan fingerprint density at radius 3 is 3.12 bits per heavy atom. The van der Waals surface area contributed by atoms with E-state index in [0.717, 1.165) is 31.6 Å². The first-order valence-corrected chi connectivity index (χ1v) is 6.30. The van der Waals surface area contributed by atoms with Crippen LogP contribution in [0.15, 0.2) is 12.3 Å². The van der Waals surface area contributed by atoms with Gasteiger partial charge in [-0.3, -0.25) is 9.48 Å². The van der Waals surface area contributed by atoms with E-state index in [-0.39, 0.29) is 5.91 Å². The highest BCUT2D eigenvalue weighted by atomic mass is 16.1. The zero-order valence-corrected chi connectivity index (χ0v) is 10.3. The van der Waals surface area contributed by atoms with Crippen LogP contribution in [0, 0.1) is 0 Å². The zero-order valence-electron chi connectivity index (χ0n) is 10.3. The lowest BCUT2D eigenvalue weighted by Gasteiger charge is -2.07. The molecule has 0 aromatic carbocycles. The first-order valence-electron chi connectivity index (χ1n) is 6.30. The molecule has 1 aromatic rings. The summed E-state index contributed by atoms with van der Waals surface area (Å²) in [6.07, 6.45) is 4.65. The second kappa shape index (κ2) is 5.82. The average Bonchev–Trinajstić information content (AvgIpc) is 3.01. The Labute approximate surface area is 102 Å². The molecule has 0 bridgehead atoms. The fourth-order valence-electron chi connectivity index (χ4n) is 1.74. The zero-order chi connectivity index (χ0) is 12.1. The number of aromatic nitrogens is 2. The summed E-state index contributed by atoms with van der Waals surface area (Å²) in [5, 5.41) is 10.4. The molecule has 0 unspecified atom stereocenters. The van der Waals surface area contributed by atoms with Crippen LogP contribution >= 0.6 is 0 Å². The Bertz CT molecular complexity index is 370. The normalized spacial score (nSPS) is 14.9. The van der Waals surface area contributed by atoms with Crippen molar-refractivity contribution in [1.82, 2.24) is 20.4 Å². The van der Waals surface area contributed by atoms with Crippen molar-refractivity contribution in [3.8, 4) is 0 Å². The quantitative estimate of drug-likeness (QED) is 0.684. The Morgan fingerprint density at radius 1 is 1.59 bits per heavy atom. The highest BCUT2D eigenvalue weighted by molar-refractivity contribution is 5.76. The van der Waals surface area contributed by atoms with Gasteiger partial charge in [0.2, 0.25) is 5.91 Å². The molecule has 1 amide bonds. The van der Waals surface area contributed by atoms with Gasteiger partial charge in [-0.1, -0.05) is 0 Å². The van der Waals surface area contributed by atoms with Crippen LogP contribution in [-0.4, -0.2) is 28.3 Å². The van der Waals surface area contributed by atoms with Crippen LogP contribution in [0.2, 0.25) is 0 Å². The van der Waals surface area contributed by atoms with Gasteiger partial charge in [-0.25, -0.2) is 0 Å². The molecule has 1 aromatic heterocycles. The SMILES string of the molecule is CCn1nccc1CNCCC(=O)NC1CC1. The molecule has 5 heteroatoms. The summed E-state index contributed by atoms with van der Waals surface area (Å²) >= 11 is 0. The van der Waals surface area contributed by atoms with E-state index in [4.69, 9.17) is 0 Å². The van der Waals surface area contributed by atoms with Crippen LogP contribution in [0.4, 0.5) is 0 Å². The lowest BCUT2D eigenvalue weighted by molar-refractivity contribution is -0.121. The summed E-state index contributed by atoms with van der Waals surface area (Å²) in [7, 11) is 0. The Balaban J connectivity index is 1.60. The molecule has 1 saturated carbocycles. The number of aryl methyl sites for hydroxylation is 1. The highest BCUT2D eigenvalue weighted by Crippen LogP contribution is 2.18. The molecule has 0 aliphatic heterocycles. The van der Waals surface area contributed by atoms with Gasteiger partial charge in [-0.2, -0.15) is 5.10 Å². The summed E-state index contributed by atoms with van der Waals surface area (Å²) in [5.41, 5.74) is 1.16. The molecular weight excluding hydrogens is 216 g/mol. The van der Waals surface area contributed by atoms with Crippen molar-refractivity contribution >= 4 is 5.91 Å². The van der Waals surface area contributed by atoms with Crippen molar-refractivity contribution in [2.24, 2.45) is 0 Å². The van der Waals surface area contributed by atoms with Gasteiger partial charge in [0.05, 0.1) is 5.69 Å². The summed E-state index contributed by atoms with van der Waals surface area (Å²) < 4.78 is 1.96. The number of rotatable bonds is 7. The van der Waals surface area contributed by atoms with Crippen molar-refractivity contribution in [3.63, 3.8) is 0 Å². The number of hydrogen-bond donors (Lipinski definition) is 2. The van der Waals surface area contributed by atoms with E-state index in [1.807, 2.05) is 10.7 Å². The summed E-state index contributed by atoms with van der Waals surface area (Å²) in [6.45, 7) is 4.43. The predicted octanol–water partition coefficient (Wildman–Crippen LogP) is 0.661. The number of amides is 1. The van der Waals surface area contributed by atoms with Crippen LogP contribution in [-0.2, 0) is 17.9 Å². The first-order chi connectivity index (χ1) is 8.29. The first kappa shape index (κ1) is 12.1. The minimum Gasteiger partial charge on any atom is -0.353 e. The smallest absolute Gasteiger partial charge is 0.221 e. The van der Waals surface area contributed by atoms with Gasteiger partial charge in [0.15, 0.2) is 0 Å². The third-order valence-corrected chi connectivity index (χ3v) is 2.88. The van der Waals surface area contributed by atoms with E-state index in [0.29, 0.717) is 19.0 Å². The topological polar surface area (TPSA) is 59.0 Å². The second-order valence-corrected chi connectivity index (χ2v) is 4.41. The maximum atomic E-state index is 11.4. The van der Waals surface area contributed by atoms with Crippen LogP contribution in [0.1, 0.15) is 31.9 Å². The predicted molar refractivity (Wildman–Crippen MR) is 65.4 cm³/mol. The van der Waals surface area contributed by atoms with Crippen molar-refractivity contribution in [2.75, 3.05) is 6.54 Å². The molecule has 2 rings (SSSR count). The Hall–Kier alpha value is -1.36. The van der Waals surface area contributed by atoms with Crippen molar-refractivity contribution in [3.05, 3.63) is 18.0 Å². The van der Waals surface area contributed by atoms with E-state index in [2.05, 4.69) is 22.7 Å². The third-order valence-electron chi connectivity index (χ3n) is 2.88. The van der Waals surface area contributed by atoms with Gasteiger partial charge in [-0.15, -0.1) is 0 Å². The third kappa shape index (κ3) is 3.85. The molecule has 0 atom stereocenters. The lowest BCUT2D eigenvalue weighted by atomic mass is 10.3. The van der Waals surface area contributed by atoms with Crippen molar-refractivity contribution in [1.29, 1.82) is 0 Å². The second-order valence-electron chi connectivity index (χ2n) is 4.41. The molecule has 0 saturated heterocycles. The molecule has 0 spiro atoms. The average molecular weight is 236 g/mol.